The molecule has 6 heteroatoms. The highest BCUT2D eigenvalue weighted by Crippen LogP contribution is 2.26. The van der Waals surface area contributed by atoms with Gasteiger partial charge in [-0.15, -0.1) is 0 Å². The van der Waals surface area contributed by atoms with Crippen molar-refractivity contribution in [2.45, 2.75) is 26.9 Å². The second-order valence-electron chi connectivity index (χ2n) is 6.21. The lowest BCUT2D eigenvalue weighted by atomic mass is 9.97. The van der Waals surface area contributed by atoms with Crippen LogP contribution in [0, 0.1) is 11.8 Å². The first-order valence-electron chi connectivity index (χ1n) is 7.94. The fourth-order valence-corrected chi connectivity index (χ4v) is 2.71. The molecule has 2 N–H and O–H groups in total. The first-order valence-corrected chi connectivity index (χ1v) is 7.94. The van der Waals surface area contributed by atoms with E-state index >= 15 is 0 Å². The Labute approximate surface area is 140 Å². The van der Waals surface area contributed by atoms with E-state index in [2.05, 4.69) is 5.32 Å². The molecule has 0 aliphatic heterocycles. The fraction of sp³-hybridized carbons (Fsp3) is 0.444. The van der Waals surface area contributed by atoms with Crippen molar-refractivity contribution in [1.29, 1.82) is 0 Å². The second kappa shape index (κ2) is 7.97. The summed E-state index contributed by atoms with van der Waals surface area (Å²) in [5.74, 6) is -1.55. The zero-order valence-electron chi connectivity index (χ0n) is 14.2. The third-order valence-corrected chi connectivity index (χ3v) is 3.81. The Morgan fingerprint density at radius 3 is 2.62 bits per heavy atom. The number of nitrogens with one attached hydrogen (secondary N) is 1. The number of ether oxygens (including phenoxy) is 1. The minimum atomic E-state index is -0.911. The Hall–Kier alpha value is -2.34. The molecule has 1 aromatic heterocycles. The molecule has 0 aliphatic rings. The smallest absolute Gasteiger partial charge is 0.308 e. The molecule has 1 amide bonds. The van der Waals surface area contributed by atoms with Gasteiger partial charge in [-0.1, -0.05) is 32.0 Å². The Morgan fingerprint density at radius 1 is 1.29 bits per heavy atom. The van der Waals surface area contributed by atoms with E-state index in [1.807, 2.05) is 32.0 Å². The van der Waals surface area contributed by atoms with Crippen LogP contribution < -0.4 is 5.32 Å². The number of hydrogen-bond acceptors (Lipinski definition) is 4. The fourth-order valence-electron chi connectivity index (χ4n) is 2.71. The van der Waals surface area contributed by atoms with Crippen LogP contribution in [0.1, 0.15) is 36.4 Å². The van der Waals surface area contributed by atoms with E-state index in [-0.39, 0.29) is 24.8 Å². The molecule has 0 saturated heterocycles. The van der Waals surface area contributed by atoms with Crippen LogP contribution >= 0.6 is 0 Å². The molecule has 130 valence electrons. The lowest BCUT2D eigenvalue weighted by Gasteiger charge is -2.15. The minimum Gasteiger partial charge on any atom is -0.481 e. The summed E-state index contributed by atoms with van der Waals surface area (Å²) in [6.45, 7) is 4.21. The predicted molar refractivity (Wildman–Crippen MR) is 89.8 cm³/mol. The maximum atomic E-state index is 12.5. The van der Waals surface area contributed by atoms with Gasteiger partial charge in [0.25, 0.3) is 5.91 Å². The van der Waals surface area contributed by atoms with Crippen LogP contribution in [0.25, 0.3) is 11.0 Å². The molecule has 2 rings (SSSR count). The summed E-state index contributed by atoms with van der Waals surface area (Å²) in [6, 6.07) is 7.34. The van der Waals surface area contributed by atoms with Gasteiger partial charge < -0.3 is 19.6 Å². The van der Waals surface area contributed by atoms with Gasteiger partial charge in [0, 0.05) is 24.6 Å². The largest absolute Gasteiger partial charge is 0.481 e. The average Bonchev–Trinajstić information content (AvgIpc) is 2.90. The summed E-state index contributed by atoms with van der Waals surface area (Å²) in [6.07, 6.45) is 0.501. The van der Waals surface area contributed by atoms with Gasteiger partial charge in [0.05, 0.1) is 12.5 Å². The van der Waals surface area contributed by atoms with Gasteiger partial charge in [-0.2, -0.15) is 0 Å². The van der Waals surface area contributed by atoms with Crippen LogP contribution in [0.4, 0.5) is 0 Å². The highest BCUT2D eigenvalue weighted by Gasteiger charge is 2.23. The first-order chi connectivity index (χ1) is 11.4. The minimum absolute atomic E-state index is 0.0653. The maximum absolute atomic E-state index is 12.5. The zero-order chi connectivity index (χ0) is 17.7. The van der Waals surface area contributed by atoms with E-state index in [9.17, 15) is 14.7 Å². The molecule has 24 heavy (non-hydrogen) atoms. The number of hydrogen-bond donors (Lipinski definition) is 2. The van der Waals surface area contributed by atoms with Gasteiger partial charge in [-0.25, -0.2) is 0 Å². The predicted octanol–water partition coefficient (Wildman–Crippen LogP) is 3.06. The van der Waals surface area contributed by atoms with Crippen LogP contribution in [-0.2, 0) is 16.1 Å². The normalized spacial score (nSPS) is 12.5. The van der Waals surface area contributed by atoms with E-state index in [1.54, 1.807) is 13.2 Å². The third kappa shape index (κ3) is 4.14. The first kappa shape index (κ1) is 18.0. The SMILES string of the molecule is COCc1c(C(=O)NCC(CC(C)C)C(=O)O)oc2ccccc12. The molecular formula is C18H23NO5. The summed E-state index contributed by atoms with van der Waals surface area (Å²) in [4.78, 5) is 23.8. The Kier molecular flexibility index (Phi) is 5.98. The van der Waals surface area contributed by atoms with Crippen LogP contribution in [0.5, 0.6) is 0 Å². The number of furan rings is 1. The molecule has 1 aromatic carbocycles. The van der Waals surface area contributed by atoms with E-state index in [0.29, 0.717) is 17.6 Å². The Morgan fingerprint density at radius 2 is 2.00 bits per heavy atom. The molecule has 1 heterocycles. The summed E-state index contributed by atoms with van der Waals surface area (Å²) in [5.41, 5.74) is 1.27. The van der Waals surface area contributed by atoms with Crippen molar-refractivity contribution in [3.63, 3.8) is 0 Å². The quantitative estimate of drug-likeness (QED) is 0.775. The molecule has 0 saturated carbocycles. The van der Waals surface area contributed by atoms with Gasteiger partial charge in [0.15, 0.2) is 5.76 Å². The molecule has 1 unspecified atom stereocenters. The topological polar surface area (TPSA) is 88.8 Å². The molecule has 0 fully saturated rings. The van der Waals surface area contributed by atoms with Gasteiger partial charge >= 0.3 is 5.97 Å². The maximum Gasteiger partial charge on any atom is 0.308 e. The summed E-state index contributed by atoms with van der Waals surface area (Å²) in [5, 5.41) is 12.8. The zero-order valence-corrected chi connectivity index (χ0v) is 14.2. The molecule has 0 bridgehead atoms. The lowest BCUT2D eigenvalue weighted by Crippen LogP contribution is -2.33. The number of carbonyl (C=O) groups excluding carboxylic acids is 1. The van der Waals surface area contributed by atoms with E-state index < -0.39 is 17.8 Å². The van der Waals surface area contributed by atoms with Crippen molar-refractivity contribution in [2.75, 3.05) is 13.7 Å². The average molecular weight is 333 g/mol. The number of para-hydroxylation sites is 1. The van der Waals surface area contributed by atoms with Crippen LogP contribution in [0.2, 0.25) is 0 Å². The van der Waals surface area contributed by atoms with Crippen LogP contribution in [0.3, 0.4) is 0 Å². The lowest BCUT2D eigenvalue weighted by molar-refractivity contribution is -0.142. The van der Waals surface area contributed by atoms with Crippen molar-refractivity contribution in [3.05, 3.63) is 35.6 Å². The van der Waals surface area contributed by atoms with E-state index in [1.165, 1.54) is 0 Å². The van der Waals surface area contributed by atoms with Crippen molar-refractivity contribution in [2.24, 2.45) is 11.8 Å². The van der Waals surface area contributed by atoms with Gasteiger partial charge in [-0.05, 0) is 18.4 Å². The van der Waals surface area contributed by atoms with Gasteiger partial charge in [-0.3, -0.25) is 9.59 Å². The molecular weight excluding hydrogens is 310 g/mol. The third-order valence-electron chi connectivity index (χ3n) is 3.81. The van der Waals surface area contributed by atoms with Crippen LogP contribution in [0.15, 0.2) is 28.7 Å². The number of aliphatic carboxylic acids is 1. The number of carbonyl (C=O) groups is 2. The molecule has 0 radical (unpaired) electrons. The van der Waals surface area contributed by atoms with Crippen molar-refractivity contribution < 1.29 is 23.8 Å². The molecule has 6 nitrogen and oxygen atoms in total. The second-order valence-corrected chi connectivity index (χ2v) is 6.21. The van der Waals surface area contributed by atoms with E-state index in [4.69, 9.17) is 9.15 Å². The summed E-state index contributed by atoms with van der Waals surface area (Å²) >= 11 is 0. The number of carboxylic acid groups (broad SMARTS) is 1. The Balaban J connectivity index is 2.18. The van der Waals surface area contributed by atoms with Crippen molar-refractivity contribution in [1.82, 2.24) is 5.32 Å². The van der Waals surface area contributed by atoms with Crippen LogP contribution in [-0.4, -0.2) is 30.6 Å². The highest BCUT2D eigenvalue weighted by atomic mass is 16.5. The summed E-state index contributed by atoms with van der Waals surface area (Å²) < 4.78 is 10.8. The Bertz CT molecular complexity index is 719. The molecule has 0 aliphatic carbocycles. The monoisotopic (exact) mass is 333 g/mol. The van der Waals surface area contributed by atoms with Crippen molar-refractivity contribution in [3.8, 4) is 0 Å². The number of fused-ring (bicyclic) bond motifs is 1. The summed E-state index contributed by atoms with van der Waals surface area (Å²) in [7, 11) is 1.55. The number of benzene rings is 1. The van der Waals surface area contributed by atoms with E-state index in [0.717, 1.165) is 5.39 Å². The number of rotatable bonds is 8. The number of amides is 1. The number of methoxy groups -OCH3 is 1. The highest BCUT2D eigenvalue weighted by molar-refractivity contribution is 5.99. The van der Waals surface area contributed by atoms with Gasteiger partial charge in [0.2, 0.25) is 0 Å². The molecule has 1 atom stereocenters. The number of carboxylic acids is 1. The molecule has 2 aromatic rings. The molecule has 0 spiro atoms. The van der Waals surface area contributed by atoms with Crippen molar-refractivity contribution >= 4 is 22.8 Å². The standard InChI is InChI=1S/C18H23NO5/c1-11(2)8-12(18(21)22)9-19-17(20)16-14(10-23-3)13-6-4-5-7-15(13)24-16/h4-7,11-12H,8-10H2,1-3H3,(H,19,20)(H,21,22). The van der Waals surface area contributed by atoms with Gasteiger partial charge in [0.1, 0.15) is 5.58 Å².